The molecule has 1 aliphatic rings. The van der Waals surface area contributed by atoms with Crippen LogP contribution < -0.4 is 0 Å². The largest absolute Gasteiger partial charge is 0.481 e. The lowest BCUT2D eigenvalue weighted by Crippen LogP contribution is -2.42. The molecule has 0 spiro atoms. The second-order valence-electron chi connectivity index (χ2n) is 5.03. The lowest BCUT2D eigenvalue weighted by atomic mass is 10.0. The third-order valence-corrected chi connectivity index (χ3v) is 5.50. The number of hydrogen-bond donors (Lipinski definition) is 1. The van der Waals surface area contributed by atoms with Crippen molar-refractivity contribution in [2.45, 2.75) is 18.6 Å². The molecule has 0 aromatic heterocycles. The van der Waals surface area contributed by atoms with Gasteiger partial charge in [-0.3, -0.25) is 4.79 Å². The Morgan fingerprint density at radius 1 is 1.48 bits per heavy atom. The summed E-state index contributed by atoms with van der Waals surface area (Å²) in [6.07, 6.45) is 0.932. The van der Waals surface area contributed by atoms with Crippen LogP contribution in [0.4, 0.5) is 4.39 Å². The van der Waals surface area contributed by atoms with Crippen LogP contribution in [-0.2, 0) is 20.6 Å². The average Bonchev–Trinajstić information content (AvgIpc) is 2.43. The van der Waals surface area contributed by atoms with E-state index in [0.29, 0.717) is 12.8 Å². The highest BCUT2D eigenvalue weighted by Gasteiger charge is 2.32. The first kappa shape index (κ1) is 16.2. The predicted molar refractivity (Wildman–Crippen MR) is 76.0 cm³/mol. The van der Waals surface area contributed by atoms with E-state index in [0.717, 1.165) is 10.4 Å². The Morgan fingerprint density at radius 2 is 2.19 bits per heavy atom. The van der Waals surface area contributed by atoms with E-state index in [9.17, 15) is 17.6 Å². The summed E-state index contributed by atoms with van der Waals surface area (Å²) in [6.45, 7) is 0.189. The van der Waals surface area contributed by atoms with Crippen LogP contribution >= 0.6 is 11.6 Å². The fourth-order valence-electron chi connectivity index (χ4n) is 2.34. The number of piperidine rings is 1. The molecule has 1 aromatic carbocycles. The topological polar surface area (TPSA) is 74.7 Å². The molecule has 1 saturated heterocycles. The number of carboxylic acid groups (broad SMARTS) is 1. The maximum Gasteiger partial charge on any atom is 0.307 e. The molecule has 0 bridgehead atoms. The normalized spacial score (nSPS) is 20.4. The van der Waals surface area contributed by atoms with Gasteiger partial charge in [-0.1, -0.05) is 11.6 Å². The minimum Gasteiger partial charge on any atom is -0.481 e. The van der Waals surface area contributed by atoms with E-state index < -0.39 is 33.5 Å². The fourth-order valence-corrected chi connectivity index (χ4v) is 4.14. The molecule has 0 radical (unpaired) electrons. The molecule has 0 saturated carbocycles. The minimum absolute atomic E-state index is 0.0139. The van der Waals surface area contributed by atoms with Gasteiger partial charge in [0.2, 0.25) is 10.0 Å². The molecule has 1 aliphatic heterocycles. The molecule has 0 amide bonds. The van der Waals surface area contributed by atoms with Crippen LogP contribution in [-0.4, -0.2) is 36.9 Å². The van der Waals surface area contributed by atoms with E-state index >= 15 is 0 Å². The van der Waals surface area contributed by atoms with Gasteiger partial charge in [0, 0.05) is 23.7 Å². The van der Waals surface area contributed by atoms with Gasteiger partial charge in [0.25, 0.3) is 0 Å². The zero-order valence-corrected chi connectivity index (χ0v) is 12.7. The SMILES string of the molecule is O=C(O)C1CCCN(S(=O)(=O)Cc2cc(Cl)ccc2F)C1. The van der Waals surface area contributed by atoms with Crippen molar-refractivity contribution in [1.29, 1.82) is 0 Å². The van der Waals surface area contributed by atoms with E-state index in [2.05, 4.69) is 0 Å². The van der Waals surface area contributed by atoms with Gasteiger partial charge in [-0.15, -0.1) is 0 Å². The first-order chi connectivity index (χ1) is 9.79. The van der Waals surface area contributed by atoms with Gasteiger partial charge < -0.3 is 5.11 Å². The van der Waals surface area contributed by atoms with E-state index in [1.54, 1.807) is 0 Å². The van der Waals surface area contributed by atoms with Crippen LogP contribution in [0.25, 0.3) is 0 Å². The van der Waals surface area contributed by atoms with E-state index in [4.69, 9.17) is 16.7 Å². The van der Waals surface area contributed by atoms with Gasteiger partial charge in [0.15, 0.2) is 0 Å². The fraction of sp³-hybridized carbons (Fsp3) is 0.462. The van der Waals surface area contributed by atoms with Crippen LogP contribution in [0.2, 0.25) is 5.02 Å². The highest BCUT2D eigenvalue weighted by Crippen LogP contribution is 2.23. The first-order valence-corrected chi connectivity index (χ1v) is 8.43. The molecular formula is C13H15ClFNO4S. The number of halogens is 2. The Bertz CT molecular complexity index is 650. The van der Waals surface area contributed by atoms with Crippen molar-refractivity contribution in [1.82, 2.24) is 4.31 Å². The lowest BCUT2D eigenvalue weighted by Gasteiger charge is -2.29. The number of aliphatic carboxylic acids is 1. The van der Waals surface area contributed by atoms with Gasteiger partial charge in [-0.25, -0.2) is 17.1 Å². The Morgan fingerprint density at radius 3 is 2.86 bits per heavy atom. The van der Waals surface area contributed by atoms with Gasteiger partial charge in [0.1, 0.15) is 5.82 Å². The molecule has 8 heteroatoms. The zero-order valence-electron chi connectivity index (χ0n) is 11.1. The summed E-state index contributed by atoms with van der Waals surface area (Å²) >= 11 is 5.74. The lowest BCUT2D eigenvalue weighted by molar-refractivity contribution is -0.142. The molecule has 1 atom stereocenters. The van der Waals surface area contributed by atoms with Crippen molar-refractivity contribution >= 4 is 27.6 Å². The van der Waals surface area contributed by atoms with Crippen molar-refractivity contribution in [2.75, 3.05) is 13.1 Å². The summed E-state index contributed by atoms with van der Waals surface area (Å²) in [5.74, 6) is -2.89. The first-order valence-electron chi connectivity index (χ1n) is 6.44. The maximum absolute atomic E-state index is 13.6. The van der Waals surface area contributed by atoms with Crippen LogP contribution in [0.5, 0.6) is 0 Å². The molecule has 1 heterocycles. The Kier molecular flexibility index (Phi) is 4.85. The molecule has 116 valence electrons. The monoisotopic (exact) mass is 335 g/mol. The van der Waals surface area contributed by atoms with E-state index in [1.807, 2.05) is 0 Å². The summed E-state index contributed by atoms with van der Waals surface area (Å²) in [5.41, 5.74) is -0.0139. The minimum atomic E-state index is -3.77. The standard InChI is InChI=1S/C13H15ClFNO4S/c14-11-3-4-12(15)10(6-11)8-21(19,20)16-5-1-2-9(7-16)13(17)18/h3-4,6,9H,1-2,5,7-8H2,(H,17,18). The molecule has 2 rings (SSSR count). The number of sulfonamides is 1. The highest BCUT2D eigenvalue weighted by atomic mass is 35.5. The van der Waals surface area contributed by atoms with Gasteiger partial charge in [-0.2, -0.15) is 0 Å². The number of rotatable bonds is 4. The molecule has 5 nitrogen and oxygen atoms in total. The number of carboxylic acids is 1. The molecule has 21 heavy (non-hydrogen) atoms. The third kappa shape index (κ3) is 3.93. The summed E-state index contributed by atoms with van der Waals surface area (Å²) in [6, 6.07) is 3.73. The Balaban J connectivity index is 2.18. The molecule has 1 unspecified atom stereocenters. The van der Waals surface area contributed by atoms with E-state index in [1.165, 1.54) is 12.1 Å². The molecule has 1 aromatic rings. The van der Waals surface area contributed by atoms with Crippen molar-refractivity contribution in [3.8, 4) is 0 Å². The highest BCUT2D eigenvalue weighted by molar-refractivity contribution is 7.88. The van der Waals surface area contributed by atoms with Crippen LogP contribution in [0.3, 0.4) is 0 Å². The van der Waals surface area contributed by atoms with Crippen LogP contribution in [0.15, 0.2) is 18.2 Å². The van der Waals surface area contributed by atoms with Crippen molar-refractivity contribution in [3.63, 3.8) is 0 Å². The Hall–Kier alpha value is -1.18. The van der Waals surface area contributed by atoms with Crippen LogP contribution in [0, 0.1) is 11.7 Å². The third-order valence-electron chi connectivity index (χ3n) is 3.47. The van der Waals surface area contributed by atoms with Crippen molar-refractivity contribution < 1.29 is 22.7 Å². The quantitative estimate of drug-likeness (QED) is 0.914. The zero-order chi connectivity index (χ0) is 15.6. The second kappa shape index (κ2) is 6.29. The summed E-state index contributed by atoms with van der Waals surface area (Å²) in [7, 11) is -3.77. The van der Waals surface area contributed by atoms with Gasteiger partial charge in [-0.05, 0) is 31.0 Å². The maximum atomic E-state index is 13.6. The molecule has 1 fully saturated rings. The van der Waals surface area contributed by atoms with Gasteiger partial charge >= 0.3 is 5.97 Å². The predicted octanol–water partition coefficient (Wildman–Crippen LogP) is 2.11. The molecule has 1 N–H and O–H groups in total. The van der Waals surface area contributed by atoms with Crippen molar-refractivity contribution in [3.05, 3.63) is 34.6 Å². The number of benzene rings is 1. The summed E-state index contributed by atoms with van der Waals surface area (Å²) in [5, 5.41) is 9.25. The van der Waals surface area contributed by atoms with Crippen molar-refractivity contribution in [2.24, 2.45) is 5.92 Å². The van der Waals surface area contributed by atoms with E-state index in [-0.39, 0.29) is 23.7 Å². The summed E-state index contributed by atoms with van der Waals surface area (Å²) < 4.78 is 39.4. The van der Waals surface area contributed by atoms with Crippen LogP contribution in [0.1, 0.15) is 18.4 Å². The molecule has 0 aliphatic carbocycles. The summed E-state index contributed by atoms with van der Waals surface area (Å²) in [4.78, 5) is 11.0. The second-order valence-corrected chi connectivity index (χ2v) is 7.43. The molecular weight excluding hydrogens is 321 g/mol. The number of nitrogens with zero attached hydrogens (tertiary/aromatic N) is 1. The Labute approximate surface area is 127 Å². The number of carbonyl (C=O) groups is 1. The smallest absolute Gasteiger partial charge is 0.307 e. The van der Waals surface area contributed by atoms with Gasteiger partial charge in [0.05, 0.1) is 11.7 Å². The average molecular weight is 336 g/mol. The number of hydrogen-bond acceptors (Lipinski definition) is 3.